The van der Waals surface area contributed by atoms with Crippen LogP contribution in [0.4, 0.5) is 0 Å². The first-order valence-electron chi connectivity index (χ1n) is 9.43. The number of carbonyl (C=O) groups excluding carboxylic acids is 1. The third-order valence-electron chi connectivity index (χ3n) is 5.19. The molecule has 1 fully saturated rings. The summed E-state index contributed by atoms with van der Waals surface area (Å²) in [5.74, 6) is 1.59. The number of methoxy groups -OCH3 is 3. The van der Waals surface area contributed by atoms with Crippen LogP contribution in [0.1, 0.15) is 16.7 Å². The lowest BCUT2D eigenvalue weighted by Crippen LogP contribution is -2.44. The maximum atomic E-state index is 12.6. The number of nitrogens with zero attached hydrogens (tertiary/aromatic N) is 1. The Kier molecular flexibility index (Phi) is 5.69. The summed E-state index contributed by atoms with van der Waals surface area (Å²) in [6.07, 6.45) is 2.86. The number of amides is 1. The van der Waals surface area contributed by atoms with Crippen LogP contribution in [-0.2, 0) is 17.8 Å². The zero-order valence-electron chi connectivity index (χ0n) is 16.7. The number of ether oxygens (including phenoxy) is 3. The Hall–Kier alpha value is -2.64. The number of carbonyl (C=O) groups is 1. The Morgan fingerprint density at radius 2 is 1.76 bits per heavy atom. The van der Waals surface area contributed by atoms with Gasteiger partial charge in [0.15, 0.2) is 11.5 Å². The van der Waals surface area contributed by atoms with E-state index >= 15 is 0 Å². The van der Waals surface area contributed by atoms with E-state index in [1.54, 1.807) is 33.1 Å². The van der Waals surface area contributed by atoms with E-state index in [1.807, 2.05) is 18.2 Å². The zero-order valence-corrected chi connectivity index (χ0v) is 17.5. The van der Waals surface area contributed by atoms with Crippen molar-refractivity contribution >= 4 is 23.7 Å². The standard InChI is InChI=1S/C22H24N2O4S/c1-26-17-10-14(11-18(27-2)20(17)28-3)12-19-21(25)23-22(29-19)24-9-8-15-6-4-5-7-16(15)13-24/h4-7,10-12,22H,8-9,13H2,1-3H3,(H,23,25)/b19-12+/t22-/m1/s1. The molecule has 1 amide bonds. The summed E-state index contributed by atoms with van der Waals surface area (Å²) in [5, 5.41) is 3.10. The zero-order chi connectivity index (χ0) is 20.4. The predicted octanol–water partition coefficient (Wildman–Crippen LogP) is 3.26. The smallest absolute Gasteiger partial charge is 0.259 e. The van der Waals surface area contributed by atoms with Gasteiger partial charge in [0.2, 0.25) is 5.75 Å². The Bertz CT molecular complexity index is 935. The number of rotatable bonds is 5. The molecule has 1 N–H and O–H groups in total. The quantitative estimate of drug-likeness (QED) is 0.761. The highest BCUT2D eigenvalue weighted by atomic mass is 32.2. The van der Waals surface area contributed by atoms with Gasteiger partial charge in [0.05, 0.1) is 26.2 Å². The van der Waals surface area contributed by atoms with E-state index in [9.17, 15) is 4.79 Å². The molecule has 2 heterocycles. The van der Waals surface area contributed by atoms with Gasteiger partial charge in [-0.3, -0.25) is 9.69 Å². The summed E-state index contributed by atoms with van der Waals surface area (Å²) in [7, 11) is 4.73. The molecule has 0 aliphatic carbocycles. The Balaban J connectivity index is 1.55. The minimum atomic E-state index is -0.0656. The van der Waals surface area contributed by atoms with Crippen LogP contribution < -0.4 is 19.5 Å². The van der Waals surface area contributed by atoms with Crippen LogP contribution in [0, 0.1) is 0 Å². The van der Waals surface area contributed by atoms with E-state index in [2.05, 4.69) is 34.5 Å². The van der Waals surface area contributed by atoms with Crippen molar-refractivity contribution in [3.8, 4) is 17.2 Å². The third-order valence-corrected chi connectivity index (χ3v) is 6.39. The summed E-state index contributed by atoms with van der Waals surface area (Å²) in [4.78, 5) is 15.6. The highest BCUT2D eigenvalue weighted by Crippen LogP contribution is 2.40. The van der Waals surface area contributed by atoms with Crippen molar-refractivity contribution in [2.45, 2.75) is 18.5 Å². The molecule has 6 nitrogen and oxygen atoms in total. The minimum absolute atomic E-state index is 0.0624. The van der Waals surface area contributed by atoms with Crippen LogP contribution in [0.5, 0.6) is 17.2 Å². The van der Waals surface area contributed by atoms with Gasteiger partial charge >= 0.3 is 0 Å². The van der Waals surface area contributed by atoms with Crippen LogP contribution >= 0.6 is 11.8 Å². The molecule has 29 heavy (non-hydrogen) atoms. The van der Waals surface area contributed by atoms with Crippen LogP contribution in [0.2, 0.25) is 0 Å². The fraction of sp³-hybridized carbons (Fsp3) is 0.318. The van der Waals surface area contributed by atoms with Crippen molar-refractivity contribution in [2.24, 2.45) is 0 Å². The Morgan fingerprint density at radius 1 is 1.07 bits per heavy atom. The molecule has 2 aromatic carbocycles. The van der Waals surface area contributed by atoms with Gasteiger partial charge in [-0.25, -0.2) is 0 Å². The molecule has 2 aliphatic rings. The van der Waals surface area contributed by atoms with Crippen LogP contribution in [-0.4, -0.2) is 44.2 Å². The molecule has 0 aromatic heterocycles. The van der Waals surface area contributed by atoms with E-state index in [0.717, 1.165) is 25.1 Å². The fourth-order valence-corrected chi connectivity index (χ4v) is 4.81. The molecule has 0 radical (unpaired) electrons. The van der Waals surface area contributed by atoms with Gasteiger partial charge in [0.25, 0.3) is 5.91 Å². The number of nitrogens with one attached hydrogen (secondary N) is 1. The number of hydrogen-bond donors (Lipinski definition) is 1. The molecular weight excluding hydrogens is 388 g/mol. The first-order chi connectivity index (χ1) is 14.1. The molecule has 1 atom stereocenters. The van der Waals surface area contributed by atoms with E-state index in [0.29, 0.717) is 22.2 Å². The highest BCUT2D eigenvalue weighted by Gasteiger charge is 2.33. The van der Waals surface area contributed by atoms with Crippen LogP contribution in [0.25, 0.3) is 6.08 Å². The summed E-state index contributed by atoms with van der Waals surface area (Å²) < 4.78 is 16.2. The fourth-order valence-electron chi connectivity index (χ4n) is 3.71. The van der Waals surface area contributed by atoms with Crippen molar-refractivity contribution in [2.75, 3.05) is 27.9 Å². The lowest BCUT2D eigenvalue weighted by atomic mass is 10.0. The summed E-state index contributed by atoms with van der Waals surface area (Å²) >= 11 is 1.55. The molecule has 0 unspecified atom stereocenters. The van der Waals surface area contributed by atoms with Gasteiger partial charge in [0, 0.05) is 13.1 Å². The van der Waals surface area contributed by atoms with E-state index in [-0.39, 0.29) is 11.4 Å². The molecule has 0 spiro atoms. The molecule has 152 valence electrons. The second kappa shape index (κ2) is 8.39. The summed E-state index contributed by atoms with van der Waals surface area (Å²) in [6, 6.07) is 12.2. The lowest BCUT2D eigenvalue weighted by Gasteiger charge is -2.32. The topological polar surface area (TPSA) is 60.0 Å². The highest BCUT2D eigenvalue weighted by molar-refractivity contribution is 8.05. The lowest BCUT2D eigenvalue weighted by molar-refractivity contribution is -0.117. The van der Waals surface area contributed by atoms with Gasteiger partial charge in [-0.1, -0.05) is 36.0 Å². The number of thioether (sulfide) groups is 1. The van der Waals surface area contributed by atoms with Crippen LogP contribution in [0.3, 0.4) is 0 Å². The number of hydrogen-bond acceptors (Lipinski definition) is 6. The SMILES string of the molecule is COc1cc(/C=C2/S[C@@H](N3CCc4ccccc4C3)NC2=O)cc(OC)c1OC. The van der Waals surface area contributed by atoms with E-state index < -0.39 is 0 Å². The van der Waals surface area contributed by atoms with E-state index in [4.69, 9.17) is 14.2 Å². The molecule has 0 bridgehead atoms. The minimum Gasteiger partial charge on any atom is -0.493 e. The Labute approximate surface area is 174 Å². The van der Waals surface area contributed by atoms with Crippen LogP contribution in [0.15, 0.2) is 41.3 Å². The summed E-state index contributed by atoms with van der Waals surface area (Å²) in [6.45, 7) is 1.76. The second-order valence-corrected chi connectivity index (χ2v) is 8.02. The van der Waals surface area contributed by atoms with Gasteiger partial charge in [-0.2, -0.15) is 0 Å². The normalized spacial score (nSPS) is 20.3. The average Bonchev–Trinajstić information content (AvgIpc) is 3.12. The van der Waals surface area contributed by atoms with Crippen molar-refractivity contribution in [1.29, 1.82) is 0 Å². The molecule has 2 aliphatic heterocycles. The summed E-state index contributed by atoms with van der Waals surface area (Å²) in [5.41, 5.74) is 3.48. The second-order valence-electron chi connectivity index (χ2n) is 6.90. The van der Waals surface area contributed by atoms with Crippen molar-refractivity contribution in [3.05, 3.63) is 58.0 Å². The maximum Gasteiger partial charge on any atom is 0.259 e. The molecule has 4 rings (SSSR count). The first kappa shape index (κ1) is 19.7. The van der Waals surface area contributed by atoms with Crippen molar-refractivity contribution in [1.82, 2.24) is 10.2 Å². The van der Waals surface area contributed by atoms with Gasteiger partial charge in [0.1, 0.15) is 5.50 Å². The number of benzene rings is 2. The largest absolute Gasteiger partial charge is 0.493 e. The molecule has 1 saturated heterocycles. The molecular formula is C22H24N2O4S. The van der Waals surface area contributed by atoms with Crippen molar-refractivity contribution in [3.63, 3.8) is 0 Å². The van der Waals surface area contributed by atoms with Gasteiger partial charge in [-0.15, -0.1) is 0 Å². The predicted molar refractivity (Wildman–Crippen MR) is 114 cm³/mol. The molecule has 7 heteroatoms. The van der Waals surface area contributed by atoms with E-state index in [1.165, 1.54) is 11.1 Å². The number of fused-ring (bicyclic) bond motifs is 1. The third kappa shape index (κ3) is 3.93. The van der Waals surface area contributed by atoms with Gasteiger partial charge < -0.3 is 19.5 Å². The molecule has 0 saturated carbocycles. The average molecular weight is 413 g/mol. The first-order valence-corrected chi connectivity index (χ1v) is 10.3. The maximum absolute atomic E-state index is 12.6. The van der Waals surface area contributed by atoms with Crippen molar-refractivity contribution < 1.29 is 19.0 Å². The van der Waals surface area contributed by atoms with Gasteiger partial charge in [-0.05, 0) is 41.3 Å². The molecule has 2 aromatic rings. The monoisotopic (exact) mass is 412 g/mol. The Morgan fingerprint density at radius 3 is 2.41 bits per heavy atom.